The fourth-order valence-electron chi connectivity index (χ4n) is 0.967. The summed E-state index contributed by atoms with van der Waals surface area (Å²) in [5, 5.41) is 0. The van der Waals surface area contributed by atoms with Crippen LogP contribution in [0.1, 0.15) is 19.8 Å². The van der Waals surface area contributed by atoms with Gasteiger partial charge in [0, 0.05) is 0 Å². The molecule has 0 unspecified atom stereocenters. The van der Waals surface area contributed by atoms with E-state index in [-0.39, 0.29) is 6.79 Å². The van der Waals surface area contributed by atoms with Gasteiger partial charge >= 0.3 is 11.9 Å². The van der Waals surface area contributed by atoms with E-state index in [1.165, 1.54) is 0 Å². The Labute approximate surface area is 64.5 Å². The van der Waals surface area contributed by atoms with Crippen LogP contribution in [0, 0.1) is 5.92 Å². The van der Waals surface area contributed by atoms with Crippen LogP contribution in [0.2, 0.25) is 0 Å². The van der Waals surface area contributed by atoms with E-state index in [2.05, 4.69) is 9.47 Å². The molecule has 0 amide bonds. The standard InChI is InChI=1S/C7H10O4/c1-2-3-5-6(8)10-4-11-7(5)9/h5H,2-4H2,1H3. The fraction of sp³-hybridized carbons (Fsp3) is 0.714. The first-order valence-corrected chi connectivity index (χ1v) is 3.59. The first-order chi connectivity index (χ1) is 5.25. The van der Waals surface area contributed by atoms with Crippen molar-refractivity contribution in [1.29, 1.82) is 0 Å². The molecule has 0 aromatic heterocycles. The number of esters is 2. The van der Waals surface area contributed by atoms with Crippen molar-refractivity contribution < 1.29 is 19.1 Å². The molecule has 1 aliphatic heterocycles. The van der Waals surface area contributed by atoms with Gasteiger partial charge in [-0.15, -0.1) is 0 Å². The summed E-state index contributed by atoms with van der Waals surface area (Å²) in [6.07, 6.45) is 1.28. The predicted molar refractivity (Wildman–Crippen MR) is 35.4 cm³/mol. The Morgan fingerprint density at radius 2 is 1.91 bits per heavy atom. The molecule has 0 N–H and O–H groups in total. The number of hydrogen-bond acceptors (Lipinski definition) is 4. The number of rotatable bonds is 2. The van der Waals surface area contributed by atoms with Crippen molar-refractivity contribution >= 4 is 11.9 Å². The van der Waals surface area contributed by atoms with E-state index in [4.69, 9.17) is 0 Å². The summed E-state index contributed by atoms with van der Waals surface area (Å²) in [7, 11) is 0. The fourth-order valence-corrected chi connectivity index (χ4v) is 0.967. The Morgan fingerprint density at radius 1 is 1.36 bits per heavy atom. The van der Waals surface area contributed by atoms with Crippen molar-refractivity contribution in [3.05, 3.63) is 0 Å². The summed E-state index contributed by atoms with van der Waals surface area (Å²) in [5.41, 5.74) is 0. The highest BCUT2D eigenvalue weighted by molar-refractivity contribution is 5.95. The van der Waals surface area contributed by atoms with Gasteiger partial charge in [-0.3, -0.25) is 9.59 Å². The lowest BCUT2D eigenvalue weighted by molar-refractivity contribution is -0.190. The molecule has 1 rings (SSSR count). The van der Waals surface area contributed by atoms with Crippen LogP contribution in [-0.2, 0) is 19.1 Å². The van der Waals surface area contributed by atoms with Crippen molar-refractivity contribution in [1.82, 2.24) is 0 Å². The van der Waals surface area contributed by atoms with E-state index in [0.29, 0.717) is 6.42 Å². The van der Waals surface area contributed by atoms with Crippen LogP contribution < -0.4 is 0 Å². The van der Waals surface area contributed by atoms with Gasteiger partial charge in [0.25, 0.3) is 0 Å². The van der Waals surface area contributed by atoms with Gasteiger partial charge in [-0.25, -0.2) is 0 Å². The molecule has 0 aromatic carbocycles. The Hall–Kier alpha value is -1.06. The van der Waals surface area contributed by atoms with Crippen LogP contribution in [0.15, 0.2) is 0 Å². The van der Waals surface area contributed by atoms with Gasteiger partial charge in [0.1, 0.15) is 0 Å². The zero-order valence-corrected chi connectivity index (χ0v) is 6.33. The van der Waals surface area contributed by atoms with Gasteiger partial charge in [-0.05, 0) is 6.42 Å². The Balaban J connectivity index is 2.55. The van der Waals surface area contributed by atoms with Crippen molar-refractivity contribution in [2.24, 2.45) is 5.92 Å². The van der Waals surface area contributed by atoms with E-state index in [1.807, 2.05) is 6.92 Å². The minimum Gasteiger partial charge on any atom is -0.427 e. The third-order valence-electron chi connectivity index (χ3n) is 1.55. The third-order valence-corrected chi connectivity index (χ3v) is 1.55. The largest absolute Gasteiger partial charge is 0.427 e. The summed E-state index contributed by atoms with van der Waals surface area (Å²) >= 11 is 0. The first kappa shape index (κ1) is 8.04. The minimum atomic E-state index is -0.686. The predicted octanol–water partition coefficient (Wildman–Crippen LogP) is 0.460. The maximum atomic E-state index is 10.9. The zero-order chi connectivity index (χ0) is 8.27. The second-order valence-corrected chi connectivity index (χ2v) is 2.39. The van der Waals surface area contributed by atoms with Crippen LogP contribution >= 0.6 is 0 Å². The molecule has 0 saturated carbocycles. The Bertz CT molecular complexity index is 159. The Kier molecular flexibility index (Phi) is 2.46. The van der Waals surface area contributed by atoms with Crippen LogP contribution in [0.3, 0.4) is 0 Å². The topological polar surface area (TPSA) is 52.6 Å². The van der Waals surface area contributed by atoms with Crippen molar-refractivity contribution in [3.63, 3.8) is 0 Å². The number of hydrogen-bond donors (Lipinski definition) is 0. The molecule has 1 fully saturated rings. The molecule has 4 heteroatoms. The lowest BCUT2D eigenvalue weighted by atomic mass is 10.0. The summed E-state index contributed by atoms with van der Waals surface area (Å²) < 4.78 is 9.06. The highest BCUT2D eigenvalue weighted by Gasteiger charge is 2.32. The molecule has 0 spiro atoms. The van der Waals surface area contributed by atoms with Gasteiger partial charge in [0.2, 0.25) is 6.79 Å². The molecule has 1 heterocycles. The maximum absolute atomic E-state index is 10.9. The lowest BCUT2D eigenvalue weighted by Gasteiger charge is -2.18. The normalized spacial score (nSPS) is 19.4. The minimum absolute atomic E-state index is 0.224. The molecule has 0 aliphatic carbocycles. The number of carbonyl (C=O) groups is 2. The molecule has 0 atom stereocenters. The van der Waals surface area contributed by atoms with Gasteiger partial charge < -0.3 is 9.47 Å². The van der Waals surface area contributed by atoms with Crippen LogP contribution in [0.4, 0.5) is 0 Å². The molecule has 4 nitrogen and oxygen atoms in total. The summed E-state index contributed by atoms with van der Waals surface area (Å²) in [6.45, 7) is 1.67. The Morgan fingerprint density at radius 3 is 2.36 bits per heavy atom. The van der Waals surface area contributed by atoms with Gasteiger partial charge in [0.05, 0.1) is 0 Å². The second kappa shape index (κ2) is 3.37. The lowest BCUT2D eigenvalue weighted by Crippen LogP contribution is -2.34. The molecule has 62 valence electrons. The highest BCUT2D eigenvalue weighted by atomic mass is 16.7. The maximum Gasteiger partial charge on any atom is 0.323 e. The zero-order valence-electron chi connectivity index (χ0n) is 6.33. The van der Waals surface area contributed by atoms with Crippen molar-refractivity contribution in [2.75, 3.05) is 6.79 Å². The van der Waals surface area contributed by atoms with E-state index < -0.39 is 17.9 Å². The van der Waals surface area contributed by atoms with Crippen LogP contribution in [-0.4, -0.2) is 18.7 Å². The number of ether oxygens (including phenoxy) is 2. The van der Waals surface area contributed by atoms with Gasteiger partial charge in [-0.1, -0.05) is 13.3 Å². The number of cyclic esters (lactones) is 2. The smallest absolute Gasteiger partial charge is 0.323 e. The van der Waals surface area contributed by atoms with E-state index >= 15 is 0 Å². The molecular formula is C7H10O4. The highest BCUT2D eigenvalue weighted by Crippen LogP contribution is 2.14. The second-order valence-electron chi connectivity index (χ2n) is 2.39. The summed E-state index contributed by atoms with van der Waals surface area (Å²) in [5.74, 6) is -1.60. The van der Waals surface area contributed by atoms with E-state index in [0.717, 1.165) is 6.42 Å². The quantitative estimate of drug-likeness (QED) is 0.432. The molecule has 11 heavy (non-hydrogen) atoms. The van der Waals surface area contributed by atoms with Crippen molar-refractivity contribution in [3.8, 4) is 0 Å². The van der Waals surface area contributed by atoms with E-state index in [1.54, 1.807) is 0 Å². The average Bonchev–Trinajstić information content (AvgIpc) is 1.97. The summed E-state index contributed by atoms with van der Waals surface area (Å²) in [4.78, 5) is 21.7. The molecular weight excluding hydrogens is 148 g/mol. The molecule has 0 aromatic rings. The third kappa shape index (κ3) is 1.69. The molecule has 0 radical (unpaired) electrons. The first-order valence-electron chi connectivity index (χ1n) is 3.59. The SMILES string of the molecule is CCCC1C(=O)OCOC1=O. The van der Waals surface area contributed by atoms with Crippen LogP contribution in [0.5, 0.6) is 0 Å². The molecule has 1 aliphatic rings. The average molecular weight is 158 g/mol. The van der Waals surface area contributed by atoms with E-state index in [9.17, 15) is 9.59 Å². The van der Waals surface area contributed by atoms with Gasteiger partial charge in [-0.2, -0.15) is 0 Å². The summed E-state index contributed by atoms with van der Waals surface area (Å²) in [6, 6.07) is 0. The van der Waals surface area contributed by atoms with Gasteiger partial charge in [0.15, 0.2) is 5.92 Å². The van der Waals surface area contributed by atoms with Crippen LogP contribution in [0.25, 0.3) is 0 Å². The van der Waals surface area contributed by atoms with Crippen molar-refractivity contribution in [2.45, 2.75) is 19.8 Å². The number of carbonyl (C=O) groups excluding carboxylic acids is 2. The monoisotopic (exact) mass is 158 g/mol. The molecule has 0 bridgehead atoms. The molecule has 1 saturated heterocycles.